The van der Waals surface area contributed by atoms with Crippen LogP contribution in [0.5, 0.6) is 0 Å². The van der Waals surface area contributed by atoms with Crippen LogP contribution in [-0.2, 0) is 14.8 Å². The van der Waals surface area contributed by atoms with Crippen molar-refractivity contribution in [3.8, 4) is 0 Å². The number of alkyl halides is 1. The van der Waals surface area contributed by atoms with Crippen molar-refractivity contribution in [3.05, 3.63) is 24.0 Å². The SMILES string of the molecule is CC(=O)Nc1cc(NS(=O)(=O)CC(C)CCl)ccc1F. The molecule has 0 fully saturated rings. The van der Waals surface area contributed by atoms with Crippen LogP contribution in [0, 0.1) is 11.7 Å². The lowest BCUT2D eigenvalue weighted by molar-refractivity contribution is -0.114. The molecular formula is C12H16ClFN2O3S. The third-order valence-electron chi connectivity index (χ3n) is 2.32. The maximum atomic E-state index is 13.4. The van der Waals surface area contributed by atoms with Gasteiger partial charge in [-0.2, -0.15) is 0 Å². The average molecular weight is 323 g/mol. The minimum atomic E-state index is -3.57. The van der Waals surface area contributed by atoms with E-state index in [0.29, 0.717) is 0 Å². The highest BCUT2D eigenvalue weighted by atomic mass is 35.5. The molecule has 1 atom stereocenters. The van der Waals surface area contributed by atoms with Gasteiger partial charge in [0, 0.05) is 12.8 Å². The topological polar surface area (TPSA) is 75.3 Å². The van der Waals surface area contributed by atoms with Crippen molar-refractivity contribution in [2.24, 2.45) is 5.92 Å². The van der Waals surface area contributed by atoms with E-state index in [0.717, 1.165) is 6.07 Å². The van der Waals surface area contributed by atoms with Gasteiger partial charge in [-0.05, 0) is 24.1 Å². The number of carbonyl (C=O) groups excluding carboxylic acids is 1. The first-order valence-electron chi connectivity index (χ1n) is 5.87. The molecule has 1 unspecified atom stereocenters. The normalized spacial score (nSPS) is 12.8. The smallest absolute Gasteiger partial charge is 0.233 e. The molecule has 0 saturated carbocycles. The molecule has 8 heteroatoms. The number of benzene rings is 1. The van der Waals surface area contributed by atoms with Gasteiger partial charge in [-0.25, -0.2) is 12.8 Å². The van der Waals surface area contributed by atoms with E-state index in [4.69, 9.17) is 11.6 Å². The highest BCUT2D eigenvalue weighted by molar-refractivity contribution is 7.92. The minimum Gasteiger partial charge on any atom is -0.324 e. The van der Waals surface area contributed by atoms with Crippen LogP contribution >= 0.6 is 11.6 Å². The van der Waals surface area contributed by atoms with Gasteiger partial charge in [0.05, 0.1) is 17.1 Å². The molecule has 0 radical (unpaired) electrons. The summed E-state index contributed by atoms with van der Waals surface area (Å²) in [5.41, 5.74) is 0.0972. The van der Waals surface area contributed by atoms with E-state index in [-0.39, 0.29) is 28.9 Å². The van der Waals surface area contributed by atoms with Crippen molar-refractivity contribution in [2.75, 3.05) is 21.7 Å². The van der Waals surface area contributed by atoms with E-state index < -0.39 is 21.7 Å². The molecule has 112 valence electrons. The predicted molar refractivity (Wildman–Crippen MR) is 78.0 cm³/mol. The molecule has 0 saturated heterocycles. The molecule has 0 aromatic heterocycles. The molecule has 0 heterocycles. The van der Waals surface area contributed by atoms with Crippen LogP contribution in [0.15, 0.2) is 18.2 Å². The number of hydrogen-bond donors (Lipinski definition) is 2. The molecule has 5 nitrogen and oxygen atoms in total. The van der Waals surface area contributed by atoms with E-state index in [1.807, 2.05) is 0 Å². The van der Waals surface area contributed by atoms with Gasteiger partial charge >= 0.3 is 0 Å². The Hall–Kier alpha value is -1.34. The third kappa shape index (κ3) is 5.34. The number of sulfonamides is 1. The van der Waals surface area contributed by atoms with E-state index in [9.17, 15) is 17.6 Å². The lowest BCUT2D eigenvalue weighted by Gasteiger charge is -2.12. The van der Waals surface area contributed by atoms with Crippen molar-refractivity contribution >= 4 is 38.9 Å². The standard InChI is InChI=1S/C12H16ClFN2O3S/c1-8(6-13)7-20(18,19)16-10-3-4-11(14)12(5-10)15-9(2)17/h3-5,8,16H,6-7H2,1-2H3,(H,15,17). The molecule has 1 rings (SSSR count). The molecule has 1 amide bonds. The Kier molecular flexibility index (Phi) is 5.76. The van der Waals surface area contributed by atoms with E-state index in [2.05, 4.69) is 10.0 Å². The molecule has 0 aliphatic carbocycles. The number of hydrogen-bond acceptors (Lipinski definition) is 3. The van der Waals surface area contributed by atoms with Crippen LogP contribution in [-0.4, -0.2) is 26.0 Å². The van der Waals surface area contributed by atoms with Crippen LogP contribution < -0.4 is 10.0 Å². The van der Waals surface area contributed by atoms with Crippen molar-refractivity contribution < 1.29 is 17.6 Å². The molecule has 1 aromatic rings. The van der Waals surface area contributed by atoms with Gasteiger partial charge in [0.15, 0.2) is 0 Å². The maximum absolute atomic E-state index is 13.4. The zero-order chi connectivity index (χ0) is 15.3. The average Bonchev–Trinajstić information content (AvgIpc) is 2.31. The molecule has 20 heavy (non-hydrogen) atoms. The van der Waals surface area contributed by atoms with Crippen LogP contribution in [0.3, 0.4) is 0 Å². The summed E-state index contributed by atoms with van der Waals surface area (Å²) in [5, 5.41) is 2.28. The second kappa shape index (κ2) is 6.90. The Balaban J connectivity index is 2.90. The maximum Gasteiger partial charge on any atom is 0.233 e. The Morgan fingerprint density at radius 3 is 2.65 bits per heavy atom. The zero-order valence-electron chi connectivity index (χ0n) is 11.1. The largest absolute Gasteiger partial charge is 0.324 e. The highest BCUT2D eigenvalue weighted by Crippen LogP contribution is 2.21. The van der Waals surface area contributed by atoms with Gasteiger partial charge in [-0.3, -0.25) is 9.52 Å². The molecule has 0 spiro atoms. The number of carbonyl (C=O) groups is 1. The van der Waals surface area contributed by atoms with Gasteiger partial charge in [-0.1, -0.05) is 6.92 Å². The summed E-state index contributed by atoms with van der Waals surface area (Å²) in [6, 6.07) is 3.58. The summed E-state index contributed by atoms with van der Waals surface area (Å²) >= 11 is 5.58. The van der Waals surface area contributed by atoms with Crippen LogP contribution in [0.25, 0.3) is 0 Å². The second-order valence-electron chi connectivity index (χ2n) is 4.52. The first kappa shape index (κ1) is 16.7. The molecule has 0 bridgehead atoms. The quantitative estimate of drug-likeness (QED) is 0.790. The molecule has 2 N–H and O–H groups in total. The van der Waals surface area contributed by atoms with Gasteiger partial charge in [0.25, 0.3) is 0 Å². The fraction of sp³-hybridized carbons (Fsp3) is 0.417. The van der Waals surface area contributed by atoms with Crippen LogP contribution in [0.2, 0.25) is 0 Å². The fourth-order valence-electron chi connectivity index (χ4n) is 1.51. The molecule has 0 aliphatic rings. The molecular weight excluding hydrogens is 307 g/mol. The Morgan fingerprint density at radius 1 is 1.45 bits per heavy atom. The summed E-state index contributed by atoms with van der Waals surface area (Å²) in [6.45, 7) is 2.94. The fourth-order valence-corrected chi connectivity index (χ4v) is 3.19. The van der Waals surface area contributed by atoms with Crippen LogP contribution in [0.4, 0.5) is 15.8 Å². The number of anilines is 2. The lowest BCUT2D eigenvalue weighted by Crippen LogP contribution is -2.22. The van der Waals surface area contributed by atoms with Gasteiger partial charge in [-0.15, -0.1) is 11.6 Å². The van der Waals surface area contributed by atoms with Crippen molar-refractivity contribution in [3.63, 3.8) is 0 Å². The predicted octanol–water partition coefficient (Wildman–Crippen LogP) is 2.40. The Morgan fingerprint density at radius 2 is 2.10 bits per heavy atom. The zero-order valence-corrected chi connectivity index (χ0v) is 12.7. The summed E-state index contributed by atoms with van der Waals surface area (Å²) < 4.78 is 39.4. The van der Waals surface area contributed by atoms with Gasteiger partial charge in [0.2, 0.25) is 15.9 Å². The number of nitrogens with one attached hydrogen (secondary N) is 2. The van der Waals surface area contributed by atoms with Crippen LogP contribution in [0.1, 0.15) is 13.8 Å². The van der Waals surface area contributed by atoms with E-state index in [1.54, 1.807) is 6.92 Å². The number of halogens is 2. The van der Waals surface area contributed by atoms with Crippen molar-refractivity contribution in [2.45, 2.75) is 13.8 Å². The highest BCUT2D eigenvalue weighted by Gasteiger charge is 2.16. The second-order valence-corrected chi connectivity index (χ2v) is 6.59. The summed E-state index contributed by atoms with van der Waals surface area (Å²) in [7, 11) is -3.57. The van der Waals surface area contributed by atoms with Crippen molar-refractivity contribution in [1.29, 1.82) is 0 Å². The minimum absolute atomic E-state index is 0.0805. The summed E-state index contributed by atoms with van der Waals surface area (Å²) in [4.78, 5) is 10.9. The monoisotopic (exact) mass is 322 g/mol. The first-order valence-corrected chi connectivity index (χ1v) is 8.06. The van der Waals surface area contributed by atoms with Gasteiger partial charge in [0.1, 0.15) is 5.82 Å². The Labute approximate surface area is 122 Å². The summed E-state index contributed by atoms with van der Waals surface area (Å²) in [5.74, 6) is -1.20. The van der Waals surface area contributed by atoms with Gasteiger partial charge < -0.3 is 5.32 Å². The van der Waals surface area contributed by atoms with E-state index in [1.165, 1.54) is 19.1 Å². The van der Waals surface area contributed by atoms with E-state index >= 15 is 0 Å². The third-order valence-corrected chi connectivity index (χ3v) is 4.40. The molecule has 0 aliphatic heterocycles. The summed E-state index contributed by atoms with van der Waals surface area (Å²) in [6.07, 6.45) is 0. The lowest BCUT2D eigenvalue weighted by atomic mass is 10.2. The molecule has 1 aromatic carbocycles. The number of amides is 1. The number of rotatable bonds is 6. The first-order chi connectivity index (χ1) is 9.23. The van der Waals surface area contributed by atoms with Crippen molar-refractivity contribution in [1.82, 2.24) is 0 Å². The Bertz CT molecular complexity index is 592.